The second-order valence-electron chi connectivity index (χ2n) is 7.44. The third-order valence-electron chi connectivity index (χ3n) is 4.95. The predicted octanol–water partition coefficient (Wildman–Crippen LogP) is 3.98. The number of Topliss-reactive ketones (excluding diaryl/α,β-unsaturated/α-hetero) is 1. The molecule has 0 heterocycles. The molecule has 2 aliphatic rings. The first-order valence-electron chi connectivity index (χ1n) is 6.37. The highest BCUT2D eigenvalue weighted by molar-refractivity contribution is 6.04. The molecule has 2 atom stereocenters. The van der Waals surface area contributed by atoms with Gasteiger partial charge in [0.1, 0.15) is 0 Å². The third kappa shape index (κ3) is 1.33. The fourth-order valence-corrected chi connectivity index (χ4v) is 3.56. The summed E-state index contributed by atoms with van der Waals surface area (Å²) in [5, 5.41) is 0. The van der Waals surface area contributed by atoms with Gasteiger partial charge in [0.2, 0.25) is 0 Å². The summed E-state index contributed by atoms with van der Waals surface area (Å²) in [6, 6.07) is 0. The maximum absolute atomic E-state index is 12.5. The quantitative estimate of drug-likeness (QED) is 0.564. The Hall–Kier alpha value is -0.590. The lowest BCUT2D eigenvalue weighted by molar-refractivity contribution is -0.125. The van der Waals surface area contributed by atoms with E-state index in [2.05, 4.69) is 47.6 Å². The van der Waals surface area contributed by atoms with E-state index in [0.717, 1.165) is 12.0 Å². The van der Waals surface area contributed by atoms with Crippen LogP contribution in [0, 0.1) is 22.2 Å². The Kier molecular flexibility index (Phi) is 2.22. The van der Waals surface area contributed by atoms with Crippen molar-refractivity contribution in [3.8, 4) is 0 Å². The molecule has 2 saturated carbocycles. The van der Waals surface area contributed by atoms with Gasteiger partial charge in [0.05, 0.1) is 0 Å². The van der Waals surface area contributed by atoms with E-state index in [1.54, 1.807) is 0 Å². The SMILES string of the molecule is CC(C)(C)C=C1C(=O)C2(C)CCC1C2(C)C. The van der Waals surface area contributed by atoms with E-state index >= 15 is 0 Å². The van der Waals surface area contributed by atoms with Crippen molar-refractivity contribution in [2.24, 2.45) is 22.2 Å². The van der Waals surface area contributed by atoms with Crippen molar-refractivity contribution in [2.45, 2.75) is 54.4 Å². The number of fused-ring (bicyclic) bond motifs is 2. The van der Waals surface area contributed by atoms with Crippen LogP contribution < -0.4 is 0 Å². The summed E-state index contributed by atoms with van der Waals surface area (Å²) in [7, 11) is 0. The van der Waals surface area contributed by atoms with Crippen LogP contribution in [0.5, 0.6) is 0 Å². The lowest BCUT2D eigenvalue weighted by atomic mass is 9.70. The van der Waals surface area contributed by atoms with E-state index in [1.165, 1.54) is 6.42 Å². The van der Waals surface area contributed by atoms with Gasteiger partial charge in [0, 0.05) is 5.41 Å². The Morgan fingerprint density at radius 2 is 1.81 bits per heavy atom. The monoisotopic (exact) mass is 220 g/mol. The number of carbonyl (C=O) groups excluding carboxylic acids is 1. The molecule has 0 saturated heterocycles. The molecule has 2 fully saturated rings. The molecule has 16 heavy (non-hydrogen) atoms. The van der Waals surface area contributed by atoms with Gasteiger partial charge >= 0.3 is 0 Å². The smallest absolute Gasteiger partial charge is 0.165 e. The normalized spacial score (nSPS) is 39.8. The second-order valence-corrected chi connectivity index (χ2v) is 7.44. The van der Waals surface area contributed by atoms with Gasteiger partial charge in [-0.2, -0.15) is 0 Å². The summed E-state index contributed by atoms with van der Waals surface area (Å²) < 4.78 is 0. The Labute approximate surface area is 99.3 Å². The number of allylic oxidation sites excluding steroid dienone is 2. The van der Waals surface area contributed by atoms with Crippen LogP contribution in [0.25, 0.3) is 0 Å². The molecule has 90 valence electrons. The van der Waals surface area contributed by atoms with Gasteiger partial charge < -0.3 is 0 Å². The lowest BCUT2D eigenvalue weighted by Crippen LogP contribution is -2.32. The van der Waals surface area contributed by atoms with E-state index in [-0.39, 0.29) is 16.2 Å². The van der Waals surface area contributed by atoms with Crippen LogP contribution in [0.4, 0.5) is 0 Å². The molecule has 2 aliphatic carbocycles. The summed E-state index contributed by atoms with van der Waals surface area (Å²) in [5.74, 6) is 0.910. The maximum atomic E-state index is 12.5. The van der Waals surface area contributed by atoms with E-state index in [1.807, 2.05) is 0 Å². The van der Waals surface area contributed by atoms with Gasteiger partial charge in [-0.05, 0) is 35.2 Å². The Morgan fingerprint density at radius 3 is 2.19 bits per heavy atom. The third-order valence-corrected chi connectivity index (χ3v) is 4.95. The highest BCUT2D eigenvalue weighted by atomic mass is 16.1. The van der Waals surface area contributed by atoms with Crippen LogP contribution in [0.1, 0.15) is 54.4 Å². The van der Waals surface area contributed by atoms with Gasteiger partial charge in [-0.25, -0.2) is 0 Å². The number of ketones is 1. The summed E-state index contributed by atoms with van der Waals surface area (Å²) in [4.78, 5) is 12.5. The molecule has 0 aliphatic heterocycles. The maximum Gasteiger partial charge on any atom is 0.165 e. The molecule has 2 bridgehead atoms. The van der Waals surface area contributed by atoms with Gasteiger partial charge in [0.15, 0.2) is 5.78 Å². The van der Waals surface area contributed by atoms with E-state index in [0.29, 0.717) is 11.7 Å². The molecular weight excluding hydrogens is 196 g/mol. The molecule has 0 radical (unpaired) electrons. The first-order chi connectivity index (χ1) is 7.09. The highest BCUT2D eigenvalue weighted by Crippen LogP contribution is 2.65. The summed E-state index contributed by atoms with van der Waals surface area (Å²) >= 11 is 0. The standard InChI is InChI=1S/C15H24O/c1-13(2,3)9-10-11-7-8-15(6,12(10)16)14(11,4)5/h9,11H,7-8H2,1-6H3. The highest BCUT2D eigenvalue weighted by Gasteiger charge is 2.63. The number of hydrogen-bond acceptors (Lipinski definition) is 1. The molecule has 1 nitrogen and oxygen atoms in total. The summed E-state index contributed by atoms with van der Waals surface area (Å²) in [5.41, 5.74) is 1.28. The summed E-state index contributed by atoms with van der Waals surface area (Å²) in [6.45, 7) is 13.2. The largest absolute Gasteiger partial charge is 0.294 e. The molecule has 0 amide bonds. The van der Waals surface area contributed by atoms with Gasteiger partial charge in [0.25, 0.3) is 0 Å². The van der Waals surface area contributed by atoms with E-state index in [9.17, 15) is 4.79 Å². The predicted molar refractivity (Wildman–Crippen MR) is 67.2 cm³/mol. The van der Waals surface area contributed by atoms with Crippen molar-refractivity contribution in [2.75, 3.05) is 0 Å². The zero-order valence-electron chi connectivity index (χ0n) is 11.5. The van der Waals surface area contributed by atoms with E-state index in [4.69, 9.17) is 0 Å². The molecular formula is C15H24O. The van der Waals surface area contributed by atoms with Crippen molar-refractivity contribution in [1.29, 1.82) is 0 Å². The van der Waals surface area contributed by atoms with Crippen LogP contribution >= 0.6 is 0 Å². The van der Waals surface area contributed by atoms with Crippen molar-refractivity contribution in [1.82, 2.24) is 0 Å². The molecule has 2 rings (SSSR count). The lowest BCUT2D eigenvalue weighted by Gasteiger charge is -2.31. The van der Waals surface area contributed by atoms with Crippen molar-refractivity contribution >= 4 is 5.78 Å². The first kappa shape index (κ1) is 11.9. The van der Waals surface area contributed by atoms with Crippen LogP contribution in [-0.4, -0.2) is 5.78 Å². The first-order valence-corrected chi connectivity index (χ1v) is 6.37. The molecule has 0 aromatic rings. The minimum absolute atomic E-state index is 0.102. The van der Waals surface area contributed by atoms with Gasteiger partial charge in [-0.3, -0.25) is 4.79 Å². The molecule has 1 heteroatoms. The van der Waals surface area contributed by atoms with Gasteiger partial charge in [-0.1, -0.05) is 47.6 Å². The van der Waals surface area contributed by atoms with Crippen LogP contribution in [0.3, 0.4) is 0 Å². The van der Waals surface area contributed by atoms with Crippen LogP contribution in [0.15, 0.2) is 11.6 Å². The van der Waals surface area contributed by atoms with Crippen LogP contribution in [-0.2, 0) is 4.79 Å². The molecule has 0 N–H and O–H groups in total. The molecule has 2 unspecified atom stereocenters. The average molecular weight is 220 g/mol. The van der Waals surface area contributed by atoms with Crippen molar-refractivity contribution < 1.29 is 4.79 Å². The second kappa shape index (κ2) is 3.00. The number of carbonyl (C=O) groups is 1. The minimum atomic E-state index is -0.102. The average Bonchev–Trinajstić information content (AvgIpc) is 2.38. The molecule has 0 aromatic heterocycles. The topological polar surface area (TPSA) is 17.1 Å². The Balaban J connectivity index is 2.49. The Morgan fingerprint density at radius 1 is 1.25 bits per heavy atom. The Bertz CT molecular complexity index is 367. The fraction of sp³-hybridized carbons (Fsp3) is 0.800. The molecule has 0 aromatic carbocycles. The van der Waals surface area contributed by atoms with Crippen molar-refractivity contribution in [3.05, 3.63) is 11.6 Å². The zero-order valence-corrected chi connectivity index (χ0v) is 11.5. The number of hydrogen-bond donors (Lipinski definition) is 0. The van der Waals surface area contributed by atoms with E-state index < -0.39 is 0 Å². The zero-order chi connectivity index (χ0) is 12.4. The summed E-state index contributed by atoms with van der Waals surface area (Å²) in [6.07, 6.45) is 4.48. The number of rotatable bonds is 0. The fourth-order valence-electron chi connectivity index (χ4n) is 3.56. The molecule has 0 spiro atoms. The minimum Gasteiger partial charge on any atom is -0.294 e. The van der Waals surface area contributed by atoms with Gasteiger partial charge in [-0.15, -0.1) is 0 Å². The van der Waals surface area contributed by atoms with Crippen molar-refractivity contribution in [3.63, 3.8) is 0 Å². The van der Waals surface area contributed by atoms with Crippen LogP contribution in [0.2, 0.25) is 0 Å².